The van der Waals surface area contributed by atoms with Gasteiger partial charge in [0.2, 0.25) is 0 Å². The summed E-state index contributed by atoms with van der Waals surface area (Å²) in [7, 11) is 1.78. The van der Waals surface area contributed by atoms with E-state index in [4.69, 9.17) is 4.74 Å². The molecule has 0 aliphatic carbocycles. The minimum absolute atomic E-state index is 0.0747. The van der Waals surface area contributed by atoms with Crippen molar-refractivity contribution in [2.45, 2.75) is 19.4 Å². The van der Waals surface area contributed by atoms with Gasteiger partial charge in [-0.1, -0.05) is 0 Å². The van der Waals surface area contributed by atoms with E-state index in [1.807, 2.05) is 0 Å². The average molecular weight is 129 g/mol. The third kappa shape index (κ3) is 1.25. The predicted octanol–water partition coefficient (Wildman–Crippen LogP) is 0.631. The van der Waals surface area contributed by atoms with Crippen LogP contribution in [0.3, 0.4) is 0 Å². The second-order valence-electron chi connectivity index (χ2n) is 3.16. The third-order valence-corrected chi connectivity index (χ3v) is 2.29. The van der Waals surface area contributed by atoms with Crippen LogP contribution in [0.15, 0.2) is 0 Å². The highest BCUT2D eigenvalue weighted by molar-refractivity contribution is 4.88. The van der Waals surface area contributed by atoms with Crippen LogP contribution in [0, 0.1) is 5.92 Å². The molecule has 1 heterocycles. The van der Waals surface area contributed by atoms with Gasteiger partial charge in [-0.15, -0.1) is 0 Å². The fourth-order valence-electron chi connectivity index (χ4n) is 0.947. The van der Waals surface area contributed by atoms with Crippen molar-refractivity contribution in [1.29, 1.82) is 0 Å². The molecule has 54 valence electrons. The van der Waals surface area contributed by atoms with E-state index in [0.29, 0.717) is 5.92 Å². The summed E-state index contributed by atoms with van der Waals surface area (Å²) < 4.78 is 5.30. The van der Waals surface area contributed by atoms with Crippen LogP contribution in [0.2, 0.25) is 0 Å². The lowest BCUT2D eigenvalue weighted by atomic mass is 9.86. The minimum atomic E-state index is 0.0747. The van der Waals surface area contributed by atoms with E-state index >= 15 is 0 Å². The number of hydrogen-bond donors (Lipinski definition) is 1. The molecular weight excluding hydrogens is 114 g/mol. The van der Waals surface area contributed by atoms with Crippen LogP contribution in [0.5, 0.6) is 0 Å². The van der Waals surface area contributed by atoms with Gasteiger partial charge in [-0.25, -0.2) is 0 Å². The lowest BCUT2D eigenvalue weighted by Gasteiger charge is -2.39. The lowest BCUT2D eigenvalue weighted by molar-refractivity contribution is -0.0452. The van der Waals surface area contributed by atoms with Gasteiger partial charge in [0.15, 0.2) is 0 Å². The molecule has 1 aliphatic heterocycles. The molecule has 1 N–H and O–H groups in total. The molecule has 0 aromatic carbocycles. The van der Waals surface area contributed by atoms with E-state index in [2.05, 4.69) is 19.2 Å². The van der Waals surface area contributed by atoms with Gasteiger partial charge < -0.3 is 10.1 Å². The normalized spacial score (nSPS) is 21.7. The Balaban J connectivity index is 2.37. The molecule has 0 radical (unpaired) electrons. The summed E-state index contributed by atoms with van der Waals surface area (Å²) in [6.07, 6.45) is 0. The first-order valence-electron chi connectivity index (χ1n) is 3.42. The molecule has 1 fully saturated rings. The first-order chi connectivity index (χ1) is 4.17. The Morgan fingerprint density at radius 2 is 2.00 bits per heavy atom. The van der Waals surface area contributed by atoms with Crippen LogP contribution < -0.4 is 5.32 Å². The summed E-state index contributed by atoms with van der Waals surface area (Å²) in [6, 6.07) is 0. The molecule has 1 aliphatic rings. The molecule has 0 unspecified atom stereocenters. The maximum atomic E-state index is 5.30. The maximum Gasteiger partial charge on any atom is 0.0675 e. The zero-order chi connectivity index (χ0) is 6.91. The Labute approximate surface area is 56.6 Å². The van der Waals surface area contributed by atoms with Gasteiger partial charge >= 0.3 is 0 Å². The van der Waals surface area contributed by atoms with Crippen molar-refractivity contribution in [1.82, 2.24) is 5.32 Å². The highest BCUT2D eigenvalue weighted by atomic mass is 16.5. The van der Waals surface area contributed by atoms with Crippen molar-refractivity contribution in [2.75, 3.05) is 20.2 Å². The molecule has 9 heavy (non-hydrogen) atoms. The van der Waals surface area contributed by atoms with E-state index in [1.54, 1.807) is 7.11 Å². The van der Waals surface area contributed by atoms with Gasteiger partial charge in [-0.3, -0.25) is 0 Å². The molecule has 0 amide bonds. The summed E-state index contributed by atoms with van der Waals surface area (Å²) in [6.45, 7) is 6.50. The molecule has 0 atom stereocenters. The maximum absolute atomic E-state index is 5.30. The predicted molar refractivity (Wildman–Crippen MR) is 37.4 cm³/mol. The Kier molecular flexibility index (Phi) is 1.78. The largest absolute Gasteiger partial charge is 0.378 e. The van der Waals surface area contributed by atoms with E-state index in [-0.39, 0.29) is 5.60 Å². The number of ether oxygens (including phenoxy) is 1. The van der Waals surface area contributed by atoms with Crippen molar-refractivity contribution >= 4 is 0 Å². The number of hydrogen-bond acceptors (Lipinski definition) is 2. The fraction of sp³-hybridized carbons (Fsp3) is 1.00. The molecule has 2 nitrogen and oxygen atoms in total. The van der Waals surface area contributed by atoms with Crippen molar-refractivity contribution in [3.8, 4) is 0 Å². The van der Waals surface area contributed by atoms with Gasteiger partial charge in [-0.2, -0.15) is 0 Å². The summed E-state index contributed by atoms with van der Waals surface area (Å²) in [5.74, 6) is 0.711. The van der Waals surface area contributed by atoms with Gasteiger partial charge in [0.05, 0.1) is 5.60 Å². The monoisotopic (exact) mass is 129 g/mol. The Hall–Kier alpha value is -0.0800. The molecule has 0 aromatic rings. The van der Waals surface area contributed by atoms with Crippen molar-refractivity contribution in [3.63, 3.8) is 0 Å². The Bertz CT molecular complexity index is 97.1. The minimum Gasteiger partial charge on any atom is -0.378 e. The van der Waals surface area contributed by atoms with Crippen LogP contribution in [0.4, 0.5) is 0 Å². The fourth-order valence-corrected chi connectivity index (χ4v) is 0.947. The number of methoxy groups -OCH3 is 1. The van der Waals surface area contributed by atoms with Crippen LogP contribution in [0.25, 0.3) is 0 Å². The zero-order valence-electron chi connectivity index (χ0n) is 6.40. The van der Waals surface area contributed by atoms with E-state index < -0.39 is 0 Å². The lowest BCUT2D eigenvalue weighted by Crippen LogP contribution is -2.53. The first kappa shape index (κ1) is 7.03. The molecular formula is C7H15NO. The standard InChI is InChI=1S/C7H15NO/c1-7(2,9-3)6-4-8-5-6/h6,8H,4-5H2,1-3H3. The van der Waals surface area contributed by atoms with Crippen LogP contribution in [0.1, 0.15) is 13.8 Å². The molecule has 1 rings (SSSR count). The Morgan fingerprint density at radius 3 is 2.11 bits per heavy atom. The van der Waals surface area contributed by atoms with Crippen molar-refractivity contribution in [2.24, 2.45) is 5.92 Å². The van der Waals surface area contributed by atoms with E-state index in [9.17, 15) is 0 Å². The molecule has 0 spiro atoms. The SMILES string of the molecule is COC(C)(C)C1CNC1. The number of rotatable bonds is 2. The Morgan fingerprint density at radius 1 is 1.44 bits per heavy atom. The van der Waals surface area contributed by atoms with E-state index in [1.165, 1.54) is 0 Å². The molecule has 0 bridgehead atoms. The van der Waals surface area contributed by atoms with Gasteiger partial charge in [0, 0.05) is 26.1 Å². The zero-order valence-corrected chi connectivity index (χ0v) is 6.40. The smallest absolute Gasteiger partial charge is 0.0675 e. The second-order valence-corrected chi connectivity index (χ2v) is 3.16. The van der Waals surface area contributed by atoms with Crippen LogP contribution in [-0.4, -0.2) is 25.8 Å². The summed E-state index contributed by atoms with van der Waals surface area (Å²) in [5, 5.41) is 3.22. The highest BCUT2D eigenvalue weighted by Crippen LogP contribution is 2.23. The average Bonchev–Trinajstić information content (AvgIpc) is 1.60. The van der Waals surface area contributed by atoms with Crippen LogP contribution in [-0.2, 0) is 4.74 Å². The number of nitrogens with one attached hydrogen (secondary N) is 1. The third-order valence-electron chi connectivity index (χ3n) is 2.29. The molecule has 1 saturated heterocycles. The molecule has 0 saturated carbocycles. The topological polar surface area (TPSA) is 21.3 Å². The van der Waals surface area contributed by atoms with Gasteiger partial charge in [-0.05, 0) is 13.8 Å². The second kappa shape index (κ2) is 2.27. The molecule has 2 heteroatoms. The highest BCUT2D eigenvalue weighted by Gasteiger charge is 2.33. The van der Waals surface area contributed by atoms with Crippen molar-refractivity contribution in [3.05, 3.63) is 0 Å². The first-order valence-corrected chi connectivity index (χ1v) is 3.42. The molecule has 0 aromatic heterocycles. The summed E-state index contributed by atoms with van der Waals surface area (Å²) in [4.78, 5) is 0. The van der Waals surface area contributed by atoms with Crippen LogP contribution >= 0.6 is 0 Å². The van der Waals surface area contributed by atoms with E-state index in [0.717, 1.165) is 13.1 Å². The summed E-state index contributed by atoms with van der Waals surface area (Å²) >= 11 is 0. The van der Waals surface area contributed by atoms with Gasteiger partial charge in [0.25, 0.3) is 0 Å². The van der Waals surface area contributed by atoms with Gasteiger partial charge in [0.1, 0.15) is 0 Å². The quantitative estimate of drug-likeness (QED) is 0.590. The van der Waals surface area contributed by atoms with Crippen molar-refractivity contribution < 1.29 is 4.74 Å². The summed E-state index contributed by atoms with van der Waals surface area (Å²) in [5.41, 5.74) is 0.0747.